The van der Waals surface area contributed by atoms with Gasteiger partial charge in [-0.2, -0.15) is 0 Å². The number of rotatable bonds is 5. The molecule has 0 spiro atoms. The van der Waals surface area contributed by atoms with Gasteiger partial charge >= 0.3 is 0 Å². The summed E-state index contributed by atoms with van der Waals surface area (Å²) >= 11 is 1.97. The number of aryl methyl sites for hydroxylation is 1. The molecule has 0 fully saturated rings. The summed E-state index contributed by atoms with van der Waals surface area (Å²) in [5.41, 5.74) is 21.1. The van der Waals surface area contributed by atoms with Crippen molar-refractivity contribution < 1.29 is 0 Å². The van der Waals surface area contributed by atoms with Crippen LogP contribution in [0.15, 0.2) is 206 Å². The standard InChI is InChI=1S/C69H55BN2S/c1-42-37-60-65-61(38-42)72(58-35-29-51(69(5,6)7)41-55(58)53-32-23-47-22-21-45-19-14-20-46-24-33-54(53)64(47)63(45)46)66-56-39-48(43-15-10-8-11-16-43)26-36-62(56)73-67(66)70(65)57-34-25-49(44-17-12-9-13-18-44)40-59(57)71(60)52-30-27-50(28-31-52)68(2,3)4/h8-41H,1-7H3. The van der Waals surface area contributed by atoms with Crippen LogP contribution < -0.4 is 25.5 Å². The summed E-state index contributed by atoms with van der Waals surface area (Å²) in [6.45, 7) is 16.2. The van der Waals surface area contributed by atoms with Crippen LogP contribution in [0.4, 0.5) is 34.1 Å². The van der Waals surface area contributed by atoms with Gasteiger partial charge in [0.1, 0.15) is 0 Å². The van der Waals surface area contributed by atoms with E-state index in [1.165, 1.54) is 137 Å². The van der Waals surface area contributed by atoms with Gasteiger partial charge in [-0.05, 0) is 160 Å². The van der Waals surface area contributed by atoms with Crippen molar-refractivity contribution in [3.63, 3.8) is 0 Å². The van der Waals surface area contributed by atoms with Crippen molar-refractivity contribution in [2.24, 2.45) is 0 Å². The highest BCUT2D eigenvalue weighted by molar-refractivity contribution is 7.33. The van der Waals surface area contributed by atoms with Crippen molar-refractivity contribution in [2.75, 3.05) is 9.80 Å². The molecule has 3 heterocycles. The lowest BCUT2D eigenvalue weighted by molar-refractivity contribution is 0.590. The number of nitrogens with zero attached hydrogens (tertiary/aromatic N) is 2. The van der Waals surface area contributed by atoms with Crippen LogP contribution >= 0.6 is 11.3 Å². The minimum absolute atomic E-state index is 0.00816. The number of benzene rings is 11. The fraction of sp³-hybridized carbons (Fsp3) is 0.130. The second-order valence-corrected chi connectivity index (χ2v) is 23.7. The highest BCUT2D eigenvalue weighted by Crippen LogP contribution is 2.53. The Bertz CT molecular complexity index is 4160. The second-order valence-electron chi connectivity index (χ2n) is 22.6. The topological polar surface area (TPSA) is 6.48 Å². The third kappa shape index (κ3) is 6.84. The van der Waals surface area contributed by atoms with Crippen molar-refractivity contribution in [1.82, 2.24) is 0 Å². The Balaban J connectivity index is 1.10. The first-order chi connectivity index (χ1) is 35.4. The first kappa shape index (κ1) is 43.8. The molecule has 11 aromatic carbocycles. The summed E-state index contributed by atoms with van der Waals surface area (Å²) < 4.78 is 2.66. The van der Waals surface area contributed by atoms with Crippen LogP contribution in [-0.2, 0) is 10.8 Å². The SMILES string of the molecule is Cc1cc2c3c(c1)N(c1ccc(C(C)(C)C)cc1-c1ccc4ccc5cccc6ccc1c4c56)c1c(sc4ccc(-c5ccccc5)cc14)B3c1ccc(-c3ccccc3)cc1N2c1ccc(C(C)(C)C)cc1. The average Bonchev–Trinajstić information content (AvgIpc) is 3.79. The fourth-order valence-electron chi connectivity index (χ4n) is 12.3. The third-order valence-electron chi connectivity index (χ3n) is 15.9. The van der Waals surface area contributed by atoms with Gasteiger partial charge in [0.05, 0.1) is 11.4 Å². The highest BCUT2D eigenvalue weighted by atomic mass is 32.1. The predicted molar refractivity (Wildman–Crippen MR) is 318 cm³/mol. The molecule has 0 radical (unpaired) electrons. The van der Waals surface area contributed by atoms with Crippen LogP contribution in [-0.4, -0.2) is 6.71 Å². The van der Waals surface area contributed by atoms with Gasteiger partial charge in [-0.15, -0.1) is 11.3 Å². The van der Waals surface area contributed by atoms with Crippen LogP contribution in [0.3, 0.4) is 0 Å². The minimum Gasteiger partial charge on any atom is -0.311 e. The molecule has 2 aliphatic heterocycles. The lowest BCUT2D eigenvalue weighted by atomic mass is 9.36. The maximum absolute atomic E-state index is 2.69. The molecule has 0 saturated carbocycles. The van der Waals surface area contributed by atoms with E-state index >= 15 is 0 Å². The molecule has 73 heavy (non-hydrogen) atoms. The van der Waals surface area contributed by atoms with Gasteiger partial charge < -0.3 is 9.80 Å². The number of anilines is 6. The molecule has 0 unspecified atom stereocenters. The van der Waals surface area contributed by atoms with E-state index in [0.717, 1.165) is 5.69 Å². The number of hydrogen-bond donors (Lipinski definition) is 0. The van der Waals surface area contributed by atoms with E-state index in [0.29, 0.717) is 0 Å². The van der Waals surface area contributed by atoms with Gasteiger partial charge in [0.2, 0.25) is 0 Å². The molecule has 2 nitrogen and oxygen atoms in total. The zero-order valence-corrected chi connectivity index (χ0v) is 43.3. The van der Waals surface area contributed by atoms with E-state index in [2.05, 4.69) is 265 Å². The van der Waals surface area contributed by atoms with Crippen molar-refractivity contribution in [1.29, 1.82) is 0 Å². The molecule has 350 valence electrons. The van der Waals surface area contributed by atoms with Gasteiger partial charge in [0.15, 0.2) is 0 Å². The quantitative estimate of drug-likeness (QED) is 0.125. The molecule has 1 aromatic heterocycles. The summed E-state index contributed by atoms with van der Waals surface area (Å²) in [5, 5.41) is 9.06. The van der Waals surface area contributed by atoms with E-state index in [1.807, 2.05) is 11.3 Å². The Morgan fingerprint density at radius 1 is 0.411 bits per heavy atom. The summed E-state index contributed by atoms with van der Waals surface area (Å²) in [6, 6.07) is 78.7. The maximum Gasteiger partial charge on any atom is 0.264 e. The lowest BCUT2D eigenvalue weighted by Gasteiger charge is -2.44. The van der Waals surface area contributed by atoms with Gasteiger partial charge in [-0.1, -0.05) is 193 Å². The first-order valence-corrected chi connectivity index (χ1v) is 26.7. The fourth-order valence-corrected chi connectivity index (χ4v) is 13.6. The molecule has 2 aliphatic rings. The minimum atomic E-state index is -0.0806. The molecule has 0 N–H and O–H groups in total. The van der Waals surface area contributed by atoms with Crippen LogP contribution in [0, 0.1) is 6.92 Å². The van der Waals surface area contributed by atoms with Gasteiger partial charge in [0.25, 0.3) is 6.71 Å². The predicted octanol–water partition coefficient (Wildman–Crippen LogP) is 17.8. The smallest absolute Gasteiger partial charge is 0.264 e. The van der Waals surface area contributed by atoms with Crippen LogP contribution in [0.2, 0.25) is 0 Å². The molecular weight excluding hydrogens is 900 g/mol. The van der Waals surface area contributed by atoms with E-state index in [4.69, 9.17) is 0 Å². The number of thiophene rings is 1. The Hall–Kier alpha value is -7.92. The lowest BCUT2D eigenvalue weighted by Crippen LogP contribution is -2.60. The monoisotopic (exact) mass is 954 g/mol. The molecule has 4 heteroatoms. The van der Waals surface area contributed by atoms with Gasteiger partial charge in [-0.25, -0.2) is 0 Å². The zero-order valence-electron chi connectivity index (χ0n) is 42.5. The van der Waals surface area contributed by atoms with E-state index < -0.39 is 0 Å². The van der Waals surface area contributed by atoms with Gasteiger partial charge in [0, 0.05) is 43.2 Å². The summed E-state index contributed by atoms with van der Waals surface area (Å²) in [5.74, 6) is 0. The first-order valence-electron chi connectivity index (χ1n) is 25.9. The summed E-state index contributed by atoms with van der Waals surface area (Å²) in [4.78, 5) is 5.26. The molecule has 0 aliphatic carbocycles. The highest BCUT2D eigenvalue weighted by Gasteiger charge is 2.46. The average molecular weight is 955 g/mol. The second kappa shape index (κ2) is 16.0. The van der Waals surface area contributed by atoms with Crippen LogP contribution in [0.25, 0.3) is 75.8 Å². The van der Waals surface area contributed by atoms with E-state index in [9.17, 15) is 0 Å². The largest absolute Gasteiger partial charge is 0.311 e. The van der Waals surface area contributed by atoms with Crippen molar-refractivity contribution in [2.45, 2.75) is 59.3 Å². The Labute approximate surface area is 433 Å². The zero-order chi connectivity index (χ0) is 49.5. The van der Waals surface area contributed by atoms with Crippen molar-refractivity contribution in [3.05, 3.63) is 223 Å². The Kier molecular flexibility index (Phi) is 9.63. The van der Waals surface area contributed by atoms with Gasteiger partial charge in [-0.3, -0.25) is 0 Å². The number of hydrogen-bond acceptors (Lipinski definition) is 3. The maximum atomic E-state index is 2.69. The van der Waals surface area contributed by atoms with Crippen molar-refractivity contribution in [3.8, 4) is 33.4 Å². The third-order valence-corrected chi connectivity index (χ3v) is 17.2. The summed E-state index contributed by atoms with van der Waals surface area (Å²) in [7, 11) is 0. The molecule has 0 atom stereocenters. The Morgan fingerprint density at radius 3 is 1.70 bits per heavy atom. The summed E-state index contributed by atoms with van der Waals surface area (Å²) in [6.07, 6.45) is 0. The molecular formula is C69H55BN2S. The van der Waals surface area contributed by atoms with Crippen LogP contribution in [0.1, 0.15) is 58.2 Å². The molecule has 0 saturated heterocycles. The molecule has 0 bridgehead atoms. The van der Waals surface area contributed by atoms with Crippen LogP contribution in [0.5, 0.6) is 0 Å². The Morgan fingerprint density at radius 2 is 1.01 bits per heavy atom. The molecule has 0 amide bonds. The molecule has 14 rings (SSSR count). The van der Waals surface area contributed by atoms with E-state index in [1.54, 1.807) is 0 Å². The van der Waals surface area contributed by atoms with Crippen molar-refractivity contribution >= 4 is 110 Å². The van der Waals surface area contributed by atoms with E-state index in [-0.39, 0.29) is 17.5 Å². The molecule has 12 aromatic rings. The normalized spacial score (nSPS) is 13.3. The number of fused-ring (bicyclic) bond motifs is 6.